The van der Waals surface area contributed by atoms with Crippen LogP contribution in [0, 0.1) is 0 Å². The van der Waals surface area contributed by atoms with Gasteiger partial charge < -0.3 is 9.15 Å². The minimum absolute atomic E-state index is 0.161. The molecule has 106 valence electrons. The third kappa shape index (κ3) is 3.46. The number of benzene rings is 1. The van der Waals surface area contributed by atoms with Crippen LogP contribution in [-0.2, 0) is 16.1 Å². The molecular weight excluding hydrogens is 326 g/mol. The Morgan fingerprint density at radius 2 is 2.15 bits per heavy atom. The number of nitrogens with zero attached hydrogens (tertiary/aromatic N) is 1. The van der Waals surface area contributed by atoms with Crippen LogP contribution >= 0.6 is 15.9 Å². The molecule has 0 spiro atoms. The molecule has 2 rings (SSSR count). The number of likely N-dealkylation sites (N-methyl/N-ethyl adjacent to an activating group) is 1. The van der Waals surface area contributed by atoms with Crippen LogP contribution in [0.25, 0.3) is 11.0 Å². The fourth-order valence-corrected chi connectivity index (χ4v) is 2.31. The zero-order chi connectivity index (χ0) is 14.7. The molecule has 20 heavy (non-hydrogen) atoms. The SMILES string of the molecule is COC(=O)CN(C)Cc1cc(=O)oc2cc(Br)ccc12. The largest absolute Gasteiger partial charge is 0.468 e. The first-order chi connectivity index (χ1) is 9.49. The molecule has 1 heterocycles. The number of halogens is 1. The van der Waals surface area contributed by atoms with Gasteiger partial charge in [0.1, 0.15) is 5.58 Å². The second-order valence-corrected chi connectivity index (χ2v) is 5.40. The van der Waals surface area contributed by atoms with Crippen molar-refractivity contribution in [2.45, 2.75) is 6.54 Å². The van der Waals surface area contributed by atoms with Gasteiger partial charge in [-0.3, -0.25) is 9.69 Å². The Morgan fingerprint density at radius 3 is 2.85 bits per heavy atom. The van der Waals surface area contributed by atoms with E-state index in [4.69, 9.17) is 4.42 Å². The van der Waals surface area contributed by atoms with Gasteiger partial charge in [0.15, 0.2) is 0 Å². The molecule has 5 nitrogen and oxygen atoms in total. The molecule has 0 saturated heterocycles. The molecule has 0 fully saturated rings. The Bertz CT molecular complexity index is 695. The van der Waals surface area contributed by atoms with Crippen molar-refractivity contribution in [2.24, 2.45) is 0 Å². The summed E-state index contributed by atoms with van der Waals surface area (Å²) < 4.78 is 10.6. The van der Waals surface area contributed by atoms with Crippen molar-refractivity contribution in [1.82, 2.24) is 4.90 Å². The average molecular weight is 340 g/mol. The summed E-state index contributed by atoms with van der Waals surface area (Å²) >= 11 is 3.34. The average Bonchev–Trinajstić information content (AvgIpc) is 2.37. The third-order valence-corrected chi connectivity index (χ3v) is 3.35. The number of rotatable bonds is 4. The summed E-state index contributed by atoms with van der Waals surface area (Å²) in [6, 6.07) is 6.96. The second kappa shape index (κ2) is 6.19. The van der Waals surface area contributed by atoms with E-state index in [0.717, 1.165) is 15.4 Å². The van der Waals surface area contributed by atoms with E-state index in [0.29, 0.717) is 12.1 Å². The van der Waals surface area contributed by atoms with Gasteiger partial charge in [-0.05, 0) is 30.8 Å². The van der Waals surface area contributed by atoms with Crippen LogP contribution in [0.4, 0.5) is 0 Å². The molecule has 2 aromatic rings. The van der Waals surface area contributed by atoms with E-state index in [9.17, 15) is 9.59 Å². The molecule has 0 radical (unpaired) electrons. The van der Waals surface area contributed by atoms with Crippen LogP contribution in [0.5, 0.6) is 0 Å². The van der Waals surface area contributed by atoms with Crippen LogP contribution in [-0.4, -0.2) is 31.6 Å². The van der Waals surface area contributed by atoms with Crippen LogP contribution in [0.15, 0.2) is 37.9 Å². The highest BCUT2D eigenvalue weighted by atomic mass is 79.9. The quantitative estimate of drug-likeness (QED) is 0.631. The summed E-state index contributed by atoms with van der Waals surface area (Å²) in [7, 11) is 3.14. The van der Waals surface area contributed by atoms with Crippen molar-refractivity contribution >= 4 is 32.9 Å². The molecular formula is C14H14BrNO4. The van der Waals surface area contributed by atoms with Gasteiger partial charge in [0.2, 0.25) is 0 Å². The molecule has 0 N–H and O–H groups in total. The van der Waals surface area contributed by atoms with E-state index in [1.807, 2.05) is 12.1 Å². The number of hydrogen-bond acceptors (Lipinski definition) is 5. The molecule has 0 amide bonds. The molecule has 1 aromatic carbocycles. The summed E-state index contributed by atoms with van der Waals surface area (Å²) in [6.45, 7) is 0.619. The Hall–Kier alpha value is -1.66. The minimum Gasteiger partial charge on any atom is -0.468 e. The maximum Gasteiger partial charge on any atom is 0.336 e. The topological polar surface area (TPSA) is 59.8 Å². The van der Waals surface area contributed by atoms with Crippen LogP contribution in [0.3, 0.4) is 0 Å². The van der Waals surface area contributed by atoms with Gasteiger partial charge in [0.05, 0.1) is 13.7 Å². The van der Waals surface area contributed by atoms with Gasteiger partial charge in [-0.25, -0.2) is 4.79 Å². The van der Waals surface area contributed by atoms with Crippen molar-refractivity contribution in [1.29, 1.82) is 0 Å². The second-order valence-electron chi connectivity index (χ2n) is 4.48. The fraction of sp³-hybridized carbons (Fsp3) is 0.286. The number of fused-ring (bicyclic) bond motifs is 1. The van der Waals surface area contributed by atoms with E-state index < -0.39 is 5.63 Å². The number of carbonyl (C=O) groups excluding carboxylic acids is 1. The van der Waals surface area contributed by atoms with Crippen LogP contribution in [0.1, 0.15) is 5.56 Å². The molecule has 0 unspecified atom stereocenters. The first kappa shape index (κ1) is 14.7. The Kier molecular flexibility index (Phi) is 4.57. The Balaban J connectivity index is 2.34. The van der Waals surface area contributed by atoms with E-state index in [2.05, 4.69) is 20.7 Å². The summed E-state index contributed by atoms with van der Waals surface area (Å²) in [4.78, 5) is 24.6. The summed E-state index contributed by atoms with van der Waals surface area (Å²) in [6.07, 6.45) is 0. The van der Waals surface area contributed by atoms with Gasteiger partial charge in [-0.1, -0.05) is 15.9 Å². The lowest BCUT2D eigenvalue weighted by Crippen LogP contribution is -2.26. The Morgan fingerprint density at radius 1 is 1.40 bits per heavy atom. The standard InChI is InChI=1S/C14H14BrNO4/c1-16(8-14(18)19-2)7-9-5-13(17)20-12-6-10(15)3-4-11(9)12/h3-6H,7-8H2,1-2H3. The number of ether oxygens (including phenoxy) is 1. The van der Waals surface area contributed by atoms with Crippen molar-refractivity contribution < 1.29 is 13.9 Å². The first-order valence-electron chi connectivity index (χ1n) is 5.97. The first-order valence-corrected chi connectivity index (χ1v) is 6.76. The van der Waals surface area contributed by atoms with Gasteiger partial charge in [-0.15, -0.1) is 0 Å². The number of hydrogen-bond donors (Lipinski definition) is 0. The predicted octanol–water partition coefficient (Wildman–Crippen LogP) is 2.16. The van der Waals surface area contributed by atoms with Crippen LogP contribution in [0.2, 0.25) is 0 Å². The van der Waals surface area contributed by atoms with E-state index >= 15 is 0 Å². The zero-order valence-electron chi connectivity index (χ0n) is 11.2. The maximum absolute atomic E-state index is 11.6. The number of carbonyl (C=O) groups is 1. The summed E-state index contributed by atoms with van der Waals surface area (Å²) in [5.74, 6) is -0.317. The lowest BCUT2D eigenvalue weighted by molar-refractivity contribution is -0.141. The van der Waals surface area contributed by atoms with Crippen LogP contribution < -0.4 is 5.63 Å². The molecule has 0 bridgehead atoms. The summed E-state index contributed by atoms with van der Waals surface area (Å²) in [5, 5.41) is 0.851. The van der Waals surface area contributed by atoms with Gasteiger partial charge >= 0.3 is 11.6 Å². The fourth-order valence-electron chi connectivity index (χ4n) is 1.97. The van der Waals surface area contributed by atoms with Gasteiger partial charge in [0, 0.05) is 22.5 Å². The maximum atomic E-state index is 11.6. The Labute approximate surface area is 124 Å². The smallest absolute Gasteiger partial charge is 0.336 e. The highest BCUT2D eigenvalue weighted by Gasteiger charge is 2.11. The lowest BCUT2D eigenvalue weighted by Gasteiger charge is -2.15. The lowest BCUT2D eigenvalue weighted by atomic mass is 10.1. The predicted molar refractivity (Wildman–Crippen MR) is 78.5 cm³/mol. The summed E-state index contributed by atoms with van der Waals surface area (Å²) in [5.41, 5.74) is 0.931. The monoisotopic (exact) mass is 339 g/mol. The molecule has 0 aliphatic carbocycles. The molecule has 1 aromatic heterocycles. The van der Waals surface area contributed by atoms with E-state index in [1.54, 1.807) is 18.0 Å². The van der Waals surface area contributed by atoms with Crippen molar-refractivity contribution in [2.75, 3.05) is 20.7 Å². The number of methoxy groups -OCH3 is 1. The van der Waals surface area contributed by atoms with Crippen molar-refractivity contribution in [3.63, 3.8) is 0 Å². The van der Waals surface area contributed by atoms with Crippen molar-refractivity contribution in [3.8, 4) is 0 Å². The van der Waals surface area contributed by atoms with E-state index in [1.165, 1.54) is 13.2 Å². The number of esters is 1. The highest BCUT2D eigenvalue weighted by molar-refractivity contribution is 9.10. The third-order valence-electron chi connectivity index (χ3n) is 2.86. The van der Waals surface area contributed by atoms with E-state index in [-0.39, 0.29) is 12.5 Å². The molecule has 0 saturated carbocycles. The van der Waals surface area contributed by atoms with Gasteiger partial charge in [0.25, 0.3) is 0 Å². The highest BCUT2D eigenvalue weighted by Crippen LogP contribution is 2.22. The van der Waals surface area contributed by atoms with Crippen molar-refractivity contribution in [3.05, 3.63) is 44.7 Å². The molecule has 0 aliphatic heterocycles. The molecule has 0 aliphatic rings. The molecule has 6 heteroatoms. The van der Waals surface area contributed by atoms with Gasteiger partial charge in [-0.2, -0.15) is 0 Å². The zero-order valence-corrected chi connectivity index (χ0v) is 12.8. The normalized spacial score (nSPS) is 11.0. The minimum atomic E-state index is -0.405. The molecule has 0 atom stereocenters.